The Labute approximate surface area is 162 Å². The van der Waals surface area contributed by atoms with Gasteiger partial charge in [0.15, 0.2) is 0 Å². The first-order valence-electron chi connectivity index (χ1n) is 8.75. The fourth-order valence-electron chi connectivity index (χ4n) is 3.32. The van der Waals surface area contributed by atoms with Crippen LogP contribution in [0.5, 0.6) is 0 Å². The minimum atomic E-state index is -0.176. The summed E-state index contributed by atoms with van der Waals surface area (Å²) < 4.78 is 1.69. The molecular weight excluding hydrogens is 352 g/mol. The molecule has 0 saturated heterocycles. The largest absolute Gasteiger partial charge is 0.356 e. The van der Waals surface area contributed by atoms with E-state index in [4.69, 9.17) is 0 Å². The zero-order chi connectivity index (χ0) is 19.8. The van der Waals surface area contributed by atoms with Crippen molar-refractivity contribution in [2.24, 2.45) is 7.05 Å². The number of aromatic nitrogens is 3. The number of nitrogens with zero attached hydrogens (tertiary/aromatic N) is 4. The number of anilines is 2. The van der Waals surface area contributed by atoms with Crippen molar-refractivity contribution in [2.45, 2.75) is 13.8 Å². The summed E-state index contributed by atoms with van der Waals surface area (Å²) in [5, 5.41) is 19.4. The van der Waals surface area contributed by atoms with Crippen molar-refractivity contribution in [2.75, 3.05) is 10.6 Å². The van der Waals surface area contributed by atoms with E-state index in [1.807, 2.05) is 45.3 Å². The van der Waals surface area contributed by atoms with Crippen molar-refractivity contribution in [3.8, 4) is 17.3 Å². The standard InChI is InChI=1S/C21H18N6O/c1-12-4-5-14(8-22)6-16(12)18-7-17-19(10-23-18)26-21(28)20(17)13(2)25-15-9-24-27(3)11-15/h4-7,9-11,25H,1-3H3,(H,26,28)/b20-13-. The van der Waals surface area contributed by atoms with Crippen LogP contribution in [0.25, 0.3) is 16.8 Å². The molecule has 1 aliphatic heterocycles. The van der Waals surface area contributed by atoms with Crippen molar-refractivity contribution in [3.63, 3.8) is 0 Å². The number of benzene rings is 1. The highest BCUT2D eigenvalue weighted by molar-refractivity contribution is 6.32. The Hall–Kier alpha value is -3.92. The number of carbonyl (C=O) groups excluding carboxylic acids is 1. The Balaban J connectivity index is 1.79. The first-order chi connectivity index (χ1) is 13.5. The molecule has 0 spiro atoms. The van der Waals surface area contributed by atoms with Crippen LogP contribution in [0.1, 0.15) is 23.6 Å². The predicted molar refractivity (Wildman–Crippen MR) is 107 cm³/mol. The number of hydrogen-bond acceptors (Lipinski definition) is 5. The van der Waals surface area contributed by atoms with Crippen LogP contribution in [-0.2, 0) is 11.8 Å². The van der Waals surface area contributed by atoms with Crippen LogP contribution >= 0.6 is 0 Å². The molecule has 138 valence electrons. The lowest BCUT2D eigenvalue weighted by Crippen LogP contribution is -2.08. The summed E-state index contributed by atoms with van der Waals surface area (Å²) in [5.41, 5.74) is 6.73. The lowest BCUT2D eigenvalue weighted by atomic mass is 9.99. The molecule has 3 heterocycles. The molecule has 4 rings (SSSR count). The first kappa shape index (κ1) is 17.5. The fraction of sp³-hybridized carbons (Fsp3) is 0.143. The lowest BCUT2D eigenvalue weighted by Gasteiger charge is -2.10. The van der Waals surface area contributed by atoms with Gasteiger partial charge in [-0.05, 0) is 37.6 Å². The number of rotatable bonds is 3. The van der Waals surface area contributed by atoms with Gasteiger partial charge in [0, 0.05) is 30.1 Å². The Kier molecular flexibility index (Phi) is 4.17. The van der Waals surface area contributed by atoms with E-state index in [1.54, 1.807) is 23.1 Å². The normalized spacial score (nSPS) is 14.3. The molecule has 28 heavy (non-hydrogen) atoms. The summed E-state index contributed by atoms with van der Waals surface area (Å²) in [7, 11) is 1.83. The summed E-state index contributed by atoms with van der Waals surface area (Å²) in [4.78, 5) is 17.1. The van der Waals surface area contributed by atoms with E-state index in [-0.39, 0.29) is 5.91 Å². The van der Waals surface area contributed by atoms with Gasteiger partial charge in [0.1, 0.15) is 0 Å². The smallest absolute Gasteiger partial charge is 0.258 e. The van der Waals surface area contributed by atoms with Crippen molar-refractivity contribution in [3.05, 3.63) is 65.2 Å². The number of fused-ring (bicyclic) bond motifs is 1. The maximum Gasteiger partial charge on any atom is 0.258 e. The minimum absolute atomic E-state index is 0.176. The number of nitriles is 1. The third kappa shape index (κ3) is 3.01. The number of nitrogens with one attached hydrogen (secondary N) is 2. The lowest BCUT2D eigenvalue weighted by molar-refractivity contribution is -0.110. The van der Waals surface area contributed by atoms with Gasteiger partial charge in [0.25, 0.3) is 5.91 Å². The van der Waals surface area contributed by atoms with Crippen molar-refractivity contribution >= 4 is 22.9 Å². The van der Waals surface area contributed by atoms with Crippen LogP contribution in [0.3, 0.4) is 0 Å². The maximum absolute atomic E-state index is 12.6. The van der Waals surface area contributed by atoms with E-state index in [1.165, 1.54) is 0 Å². The van der Waals surface area contributed by atoms with Crippen molar-refractivity contribution < 1.29 is 4.79 Å². The highest BCUT2D eigenvalue weighted by Crippen LogP contribution is 2.36. The van der Waals surface area contributed by atoms with Gasteiger partial charge in [-0.3, -0.25) is 14.5 Å². The monoisotopic (exact) mass is 370 g/mol. The molecule has 0 fully saturated rings. The van der Waals surface area contributed by atoms with Gasteiger partial charge < -0.3 is 10.6 Å². The average Bonchev–Trinajstić information content (AvgIpc) is 3.23. The van der Waals surface area contributed by atoms with Crippen LogP contribution in [-0.4, -0.2) is 20.7 Å². The molecule has 2 N–H and O–H groups in total. The van der Waals surface area contributed by atoms with Crippen LogP contribution in [0, 0.1) is 18.3 Å². The topological polar surface area (TPSA) is 95.6 Å². The van der Waals surface area contributed by atoms with Gasteiger partial charge in [-0.25, -0.2) is 0 Å². The quantitative estimate of drug-likeness (QED) is 0.689. The molecule has 1 aromatic carbocycles. The number of aryl methyl sites for hydroxylation is 2. The Morgan fingerprint density at radius 1 is 1.25 bits per heavy atom. The van der Waals surface area contributed by atoms with E-state index >= 15 is 0 Å². The summed E-state index contributed by atoms with van der Waals surface area (Å²) in [6.07, 6.45) is 5.20. The van der Waals surface area contributed by atoms with Gasteiger partial charge >= 0.3 is 0 Å². The van der Waals surface area contributed by atoms with Gasteiger partial charge in [-0.1, -0.05) is 6.07 Å². The molecule has 0 bridgehead atoms. The maximum atomic E-state index is 12.6. The minimum Gasteiger partial charge on any atom is -0.356 e. The van der Waals surface area contributed by atoms with Crippen molar-refractivity contribution in [1.29, 1.82) is 5.26 Å². The van der Waals surface area contributed by atoms with Crippen LogP contribution in [0.2, 0.25) is 0 Å². The second-order valence-electron chi connectivity index (χ2n) is 6.74. The third-order valence-electron chi connectivity index (χ3n) is 4.70. The Morgan fingerprint density at radius 2 is 2.07 bits per heavy atom. The zero-order valence-electron chi connectivity index (χ0n) is 15.7. The molecule has 0 saturated carbocycles. The van der Waals surface area contributed by atoms with E-state index in [9.17, 15) is 10.1 Å². The number of pyridine rings is 1. The van der Waals surface area contributed by atoms with Gasteiger partial charge in [-0.2, -0.15) is 10.4 Å². The molecule has 1 amide bonds. The number of amides is 1. The molecule has 7 nitrogen and oxygen atoms in total. The molecule has 7 heteroatoms. The number of hydrogen-bond donors (Lipinski definition) is 2. The molecule has 2 aromatic heterocycles. The summed E-state index contributed by atoms with van der Waals surface area (Å²) >= 11 is 0. The number of allylic oxidation sites excluding steroid dienone is 1. The van der Waals surface area contributed by atoms with Gasteiger partial charge in [-0.15, -0.1) is 0 Å². The molecule has 0 atom stereocenters. The average molecular weight is 370 g/mol. The van der Waals surface area contributed by atoms with E-state index < -0.39 is 0 Å². The summed E-state index contributed by atoms with van der Waals surface area (Å²) in [6, 6.07) is 9.55. The third-order valence-corrected chi connectivity index (χ3v) is 4.70. The van der Waals surface area contributed by atoms with Crippen molar-refractivity contribution in [1.82, 2.24) is 14.8 Å². The van der Waals surface area contributed by atoms with Crippen LogP contribution in [0.4, 0.5) is 11.4 Å². The molecular formula is C21H18N6O. The summed E-state index contributed by atoms with van der Waals surface area (Å²) in [5.74, 6) is -0.176. The second-order valence-corrected chi connectivity index (χ2v) is 6.74. The number of carbonyl (C=O) groups is 1. The summed E-state index contributed by atoms with van der Waals surface area (Å²) in [6.45, 7) is 3.83. The van der Waals surface area contributed by atoms with E-state index in [0.29, 0.717) is 16.8 Å². The first-order valence-corrected chi connectivity index (χ1v) is 8.75. The van der Waals surface area contributed by atoms with Crippen LogP contribution < -0.4 is 10.6 Å². The predicted octanol–water partition coefficient (Wildman–Crippen LogP) is 3.46. The molecule has 0 radical (unpaired) electrons. The SMILES string of the molecule is C/C(Nc1cnn(C)c1)=C1/C(=O)Nc2cnc(-c3cc(C#N)ccc3C)cc21. The van der Waals surface area contributed by atoms with E-state index in [0.717, 1.165) is 33.8 Å². The molecule has 0 unspecified atom stereocenters. The Morgan fingerprint density at radius 3 is 2.79 bits per heavy atom. The molecule has 1 aliphatic rings. The van der Waals surface area contributed by atoms with Gasteiger partial charge in [0.05, 0.1) is 46.7 Å². The molecule has 3 aromatic rings. The zero-order valence-corrected chi connectivity index (χ0v) is 15.7. The Bertz CT molecular complexity index is 1180. The van der Waals surface area contributed by atoms with E-state index in [2.05, 4.69) is 26.8 Å². The highest BCUT2D eigenvalue weighted by Gasteiger charge is 2.27. The molecule has 0 aliphatic carbocycles. The van der Waals surface area contributed by atoms with Crippen LogP contribution in [0.15, 0.2) is 48.6 Å². The fourth-order valence-corrected chi connectivity index (χ4v) is 3.32. The highest BCUT2D eigenvalue weighted by atomic mass is 16.2. The van der Waals surface area contributed by atoms with Gasteiger partial charge in [0.2, 0.25) is 0 Å². The second kappa shape index (κ2) is 6.67.